The number of fused-ring (bicyclic) bond motifs is 5. The predicted molar refractivity (Wildman–Crippen MR) is 312 cm³/mol. The number of carbonyl (C=O) groups excluding carboxylic acids is 1. The van der Waals surface area contributed by atoms with Gasteiger partial charge in [-0.05, 0) is 90.2 Å². The van der Waals surface area contributed by atoms with Crippen molar-refractivity contribution in [2.75, 3.05) is 35.0 Å². The van der Waals surface area contributed by atoms with E-state index < -0.39 is 200 Å². The van der Waals surface area contributed by atoms with Crippen LogP contribution in [-0.2, 0) is 75.8 Å². The van der Waals surface area contributed by atoms with Crippen molar-refractivity contribution in [2.24, 2.45) is 16.7 Å². The third-order valence-electron chi connectivity index (χ3n) is 21.9. The molecule has 90 heavy (non-hydrogen) atoms. The SMILES string of the molecule is CO[C@@H]1[C@@H](O)[C@H](O[C@@H]2[C@@H](C)O[C@@H](O[C@H]3[C@@H](OC)C[C@H](O[C@H]4[C@@H](OC)C[C@H](O[C@H]5CC[C@@]6(C)C(=CC[C@]7(O)[C@@H]6[C@H](O)[C@@H](OC(=O)/C=C/c6ccccc6)[C@@]6(C)[C@]7(O)CC[C@]6(O)[C@H](C)O)C5)O[C@@H]4C)O[C@@H]3C)C[C@H]2OC)O[C@H](C)[C@H]1O[C@@H]1O[C@H](CO)[C@@H](O)[C@H](O)[C@H]1O. The normalized spacial score (nSPS) is 50.1. The van der Waals surface area contributed by atoms with Crippen LogP contribution in [0.15, 0.2) is 48.1 Å². The second-order valence-electron chi connectivity index (χ2n) is 26.9. The van der Waals surface area contributed by atoms with Crippen molar-refractivity contribution in [1.82, 2.24) is 0 Å². The van der Waals surface area contributed by atoms with Crippen LogP contribution in [0.1, 0.15) is 112 Å². The molecule has 510 valence electrons. The zero-order chi connectivity index (χ0) is 65.2. The van der Waals surface area contributed by atoms with Crippen molar-refractivity contribution in [3.05, 3.63) is 53.6 Å². The fourth-order valence-electron chi connectivity index (χ4n) is 16.8. The number of esters is 1. The zero-order valence-corrected chi connectivity index (χ0v) is 53.3. The van der Waals surface area contributed by atoms with E-state index in [2.05, 4.69) is 0 Å². The number of methoxy groups -OCH3 is 4. The lowest BCUT2D eigenvalue weighted by Gasteiger charge is -2.68. The highest BCUT2D eigenvalue weighted by Gasteiger charge is 2.83. The molecule has 0 radical (unpaired) electrons. The molecule has 1 aromatic carbocycles. The molecule has 0 bridgehead atoms. The Balaban J connectivity index is 0.735. The van der Waals surface area contributed by atoms with E-state index in [4.69, 9.17) is 71.1 Å². The summed E-state index contributed by atoms with van der Waals surface area (Å²) < 4.78 is 93.4. The van der Waals surface area contributed by atoms with Crippen LogP contribution >= 0.6 is 0 Å². The summed E-state index contributed by atoms with van der Waals surface area (Å²) in [5.74, 6) is -1.88. The van der Waals surface area contributed by atoms with E-state index in [-0.39, 0.29) is 38.2 Å². The van der Waals surface area contributed by atoms with E-state index in [1.165, 1.54) is 34.1 Å². The molecule has 26 heteroatoms. The summed E-state index contributed by atoms with van der Waals surface area (Å²) in [6, 6.07) is 9.10. The fourth-order valence-corrected chi connectivity index (χ4v) is 16.8. The Hall–Kier alpha value is -2.79. The van der Waals surface area contributed by atoms with Crippen LogP contribution in [0, 0.1) is 16.7 Å². The Kier molecular flexibility index (Phi) is 21.6. The fraction of sp³-hybridized carbons (Fsp3) is 0.828. The molecule has 5 saturated heterocycles. The molecule has 32 atom stereocenters. The molecular weight excluding hydrogens is 1180 g/mol. The molecule has 0 aromatic heterocycles. The second kappa shape index (κ2) is 27.7. The van der Waals surface area contributed by atoms with Crippen molar-refractivity contribution >= 4 is 12.0 Å². The first kappa shape index (κ1) is 70.0. The third kappa shape index (κ3) is 12.5. The second-order valence-corrected chi connectivity index (χ2v) is 26.9. The van der Waals surface area contributed by atoms with Gasteiger partial charge in [-0.25, -0.2) is 4.79 Å². The van der Waals surface area contributed by atoms with Crippen LogP contribution in [-0.4, -0.2) is 269 Å². The average Bonchev–Trinajstić information content (AvgIpc) is 1.34. The maximum absolute atomic E-state index is 13.7. The molecule has 3 saturated carbocycles. The number of hydrogen-bond donors (Lipinski definition) is 10. The Morgan fingerprint density at radius 2 is 1.17 bits per heavy atom. The zero-order valence-electron chi connectivity index (χ0n) is 53.3. The van der Waals surface area contributed by atoms with Crippen molar-refractivity contribution < 1.29 is 127 Å². The number of aliphatic hydroxyl groups excluding tert-OH is 7. The number of ether oxygens (including phenoxy) is 15. The average molecular weight is 1280 g/mol. The first-order valence-electron chi connectivity index (χ1n) is 31.8. The lowest BCUT2D eigenvalue weighted by molar-refractivity contribution is -0.374. The molecule has 26 nitrogen and oxygen atoms in total. The molecule has 1 aromatic rings. The highest BCUT2D eigenvalue weighted by Crippen LogP contribution is 2.71. The minimum Gasteiger partial charge on any atom is -0.456 e. The monoisotopic (exact) mass is 1280 g/mol. The van der Waals surface area contributed by atoms with E-state index in [0.717, 1.165) is 11.1 Å². The molecule has 5 heterocycles. The Labute approximate surface area is 525 Å². The molecule has 0 amide bonds. The Morgan fingerprint density at radius 1 is 0.633 bits per heavy atom. The quantitative estimate of drug-likeness (QED) is 0.0520. The van der Waals surface area contributed by atoms with Gasteiger partial charge in [0.05, 0.1) is 73.1 Å². The molecule has 0 spiro atoms. The van der Waals surface area contributed by atoms with Gasteiger partial charge in [-0.2, -0.15) is 0 Å². The Bertz CT molecular complexity index is 2620. The highest BCUT2D eigenvalue weighted by molar-refractivity contribution is 5.87. The first-order valence-corrected chi connectivity index (χ1v) is 31.8. The Morgan fingerprint density at radius 3 is 1.71 bits per heavy atom. The summed E-state index contributed by atoms with van der Waals surface area (Å²) in [7, 11) is 6.07. The highest BCUT2D eigenvalue weighted by atomic mass is 16.8. The van der Waals surface area contributed by atoms with Gasteiger partial charge >= 0.3 is 5.97 Å². The maximum Gasteiger partial charge on any atom is 0.331 e. The maximum atomic E-state index is 13.7. The van der Waals surface area contributed by atoms with Crippen LogP contribution in [0.25, 0.3) is 6.08 Å². The minimum absolute atomic E-state index is 0.0797. The summed E-state index contributed by atoms with van der Waals surface area (Å²) in [6.45, 7) is 11.3. The smallest absolute Gasteiger partial charge is 0.331 e. The standard InChI is InChI=1S/C64H98O26/c1-30-51(87-44-27-39(77-9)52(31(2)81-44)88-45-28-40(78-10)53(32(3)82-45)89-59-49(71)55(79-11)54(33(4)83-59)90-58-48(70)47(69)46(68)41(29-65)85-58)38(76-8)26-43(80-30)84-37-20-21-60(6)36(25-37)19-22-63(74)56(60)50(72)57(86-42(67)18-17-35-15-13-12-14-16-35)61(7)62(73,34(5)66)23-24-64(61,63)75/h12-19,30-34,37-41,43-59,65-66,68-75H,20-29H2,1-11H3/b18-17+/t30-,31-,32-,33-,34+,37+,38+,39+,40-,41-,43+,44+,45+,46-,47+,48-,49-,50+,51-,52-,53-,54-,55-,56-,57-,58+,59+,60+,61-,62+,63+,64-/m1/s1. The van der Waals surface area contributed by atoms with Gasteiger partial charge in [0.25, 0.3) is 0 Å². The summed E-state index contributed by atoms with van der Waals surface area (Å²) >= 11 is 0. The molecule has 9 aliphatic rings. The molecule has 5 aliphatic heterocycles. The van der Waals surface area contributed by atoms with Crippen molar-refractivity contribution in [3.63, 3.8) is 0 Å². The lowest BCUT2D eigenvalue weighted by Crippen LogP contribution is -2.82. The van der Waals surface area contributed by atoms with E-state index in [0.29, 0.717) is 25.7 Å². The molecule has 4 aliphatic carbocycles. The number of aliphatic hydroxyl groups is 10. The largest absolute Gasteiger partial charge is 0.456 e. The van der Waals surface area contributed by atoms with Gasteiger partial charge in [0.2, 0.25) is 0 Å². The topological polar surface area (TPSA) is 358 Å². The van der Waals surface area contributed by atoms with Crippen molar-refractivity contribution in [2.45, 2.75) is 283 Å². The predicted octanol–water partition coefficient (Wildman–Crippen LogP) is 0.793. The van der Waals surface area contributed by atoms with Gasteiger partial charge in [-0.1, -0.05) is 55.8 Å². The van der Waals surface area contributed by atoms with Crippen molar-refractivity contribution in [3.8, 4) is 0 Å². The minimum atomic E-state index is -2.11. The molecule has 8 fully saturated rings. The van der Waals surface area contributed by atoms with Crippen LogP contribution in [0.3, 0.4) is 0 Å². The number of carbonyl (C=O) groups is 1. The van der Waals surface area contributed by atoms with Crippen molar-refractivity contribution in [1.29, 1.82) is 0 Å². The molecule has 0 unspecified atom stereocenters. The number of benzene rings is 1. The third-order valence-corrected chi connectivity index (χ3v) is 21.9. The summed E-state index contributed by atoms with van der Waals surface area (Å²) in [5, 5.41) is 115. The van der Waals surface area contributed by atoms with E-state index in [1.807, 2.05) is 57.2 Å². The van der Waals surface area contributed by atoms with Crippen LogP contribution in [0.5, 0.6) is 0 Å². The summed E-state index contributed by atoms with van der Waals surface area (Å²) in [4.78, 5) is 13.7. The van der Waals surface area contributed by atoms with E-state index in [1.54, 1.807) is 34.1 Å². The van der Waals surface area contributed by atoms with Gasteiger partial charge in [0, 0.05) is 59.7 Å². The number of hydrogen-bond acceptors (Lipinski definition) is 26. The van der Waals surface area contributed by atoms with Gasteiger partial charge in [0.1, 0.15) is 83.9 Å². The van der Waals surface area contributed by atoms with Gasteiger partial charge in [0.15, 0.2) is 31.5 Å². The summed E-state index contributed by atoms with van der Waals surface area (Å²) in [6.07, 6.45) is -19.4. The van der Waals surface area contributed by atoms with Crippen LogP contribution in [0.2, 0.25) is 0 Å². The van der Waals surface area contributed by atoms with Crippen LogP contribution < -0.4 is 0 Å². The molecule has 10 rings (SSSR count). The summed E-state index contributed by atoms with van der Waals surface area (Å²) in [5.41, 5.74) is -7.38. The lowest BCUT2D eigenvalue weighted by atomic mass is 9.41. The van der Waals surface area contributed by atoms with Crippen LogP contribution in [0.4, 0.5) is 0 Å². The first-order chi connectivity index (χ1) is 42.6. The van der Waals surface area contributed by atoms with E-state index in [9.17, 15) is 55.9 Å². The van der Waals surface area contributed by atoms with E-state index >= 15 is 0 Å². The van der Waals surface area contributed by atoms with Gasteiger partial charge < -0.3 is 122 Å². The number of rotatable bonds is 19. The molecular formula is C64H98O26. The van der Waals surface area contributed by atoms with Gasteiger partial charge in [-0.3, -0.25) is 0 Å². The van der Waals surface area contributed by atoms with Gasteiger partial charge in [-0.15, -0.1) is 0 Å². The molecule has 10 N–H and O–H groups in total.